The third kappa shape index (κ3) is 5.75. The Kier molecular flexibility index (Phi) is 7.70. The van der Waals surface area contributed by atoms with Gasteiger partial charge in [-0.25, -0.2) is 4.39 Å². The average Bonchev–Trinajstić information content (AvgIpc) is 3.77. The molecule has 0 spiro atoms. The molecule has 0 aliphatic carbocycles. The van der Waals surface area contributed by atoms with Crippen molar-refractivity contribution in [3.8, 4) is 11.5 Å². The van der Waals surface area contributed by atoms with Gasteiger partial charge in [0.15, 0.2) is 10.1 Å². The Morgan fingerprint density at radius 2 is 1.64 bits per heavy atom. The number of ketones is 2. The number of carbonyl (C=O) groups is 3. The van der Waals surface area contributed by atoms with Crippen LogP contribution in [0.3, 0.4) is 0 Å². The van der Waals surface area contributed by atoms with Crippen LogP contribution in [0, 0.1) is 11.7 Å². The number of thioether (sulfide) groups is 1. The van der Waals surface area contributed by atoms with Crippen molar-refractivity contribution >= 4 is 56.7 Å². The minimum atomic E-state index is -1.40. The lowest BCUT2D eigenvalue weighted by Gasteiger charge is -2.24. The highest BCUT2D eigenvalue weighted by Gasteiger charge is 2.54. The van der Waals surface area contributed by atoms with Crippen molar-refractivity contribution in [3.05, 3.63) is 132 Å². The van der Waals surface area contributed by atoms with Gasteiger partial charge in [-0.05, 0) is 59.7 Å². The Balaban J connectivity index is 1.25. The molecule has 1 aliphatic heterocycles. The Labute approximate surface area is 264 Å². The summed E-state index contributed by atoms with van der Waals surface area (Å²) in [5.41, 5.74) is 1.89. The molecule has 1 saturated heterocycles. The average molecular weight is 636 g/mol. The Hall–Kier alpha value is -5.13. The van der Waals surface area contributed by atoms with Gasteiger partial charge >= 0.3 is 0 Å². The van der Waals surface area contributed by atoms with Crippen molar-refractivity contribution in [2.24, 2.45) is 5.92 Å². The maximum absolute atomic E-state index is 14.0. The van der Waals surface area contributed by atoms with E-state index in [0.717, 1.165) is 16.9 Å². The van der Waals surface area contributed by atoms with Crippen molar-refractivity contribution in [3.63, 3.8) is 0 Å². The summed E-state index contributed by atoms with van der Waals surface area (Å²) in [5, 5.41) is 9.37. The maximum Gasteiger partial charge on any atom is 0.297 e. The number of benzene rings is 4. The minimum Gasteiger partial charge on any atom is -0.457 e. The summed E-state index contributed by atoms with van der Waals surface area (Å²) in [6, 6.07) is 29.9. The van der Waals surface area contributed by atoms with Crippen LogP contribution in [0.25, 0.3) is 11.0 Å². The van der Waals surface area contributed by atoms with E-state index in [9.17, 15) is 18.8 Å². The smallest absolute Gasteiger partial charge is 0.297 e. The molecule has 8 nitrogen and oxygen atoms in total. The predicted octanol–water partition coefficient (Wildman–Crippen LogP) is 7.66. The molecule has 2 atom stereocenters. The van der Waals surface area contributed by atoms with E-state index in [2.05, 4.69) is 10.2 Å². The number of nitrogens with zero attached hydrogens (tertiary/aromatic N) is 3. The molecule has 0 saturated carbocycles. The Morgan fingerprint density at radius 3 is 2.44 bits per heavy atom. The van der Waals surface area contributed by atoms with Crippen LogP contribution in [0.2, 0.25) is 0 Å². The molecule has 1 fully saturated rings. The monoisotopic (exact) mass is 635 g/mol. The van der Waals surface area contributed by atoms with Crippen molar-refractivity contribution in [1.82, 2.24) is 10.2 Å². The minimum absolute atomic E-state index is 0.0151. The molecule has 45 heavy (non-hydrogen) atoms. The predicted molar refractivity (Wildman–Crippen MR) is 168 cm³/mol. The zero-order valence-electron chi connectivity index (χ0n) is 23.3. The SMILES string of the molecule is O=C1C(=O)N(c2nnc(SCc3ccc(F)cc3)s2)C(c2cccc(Oc3ccccc3)c2)C1C(=O)c1cc2ccccc2o1. The quantitative estimate of drug-likeness (QED) is 0.0525. The van der Waals surface area contributed by atoms with E-state index in [4.69, 9.17) is 9.15 Å². The number of para-hydroxylation sites is 2. The van der Waals surface area contributed by atoms with Gasteiger partial charge in [0, 0.05) is 11.1 Å². The zero-order valence-corrected chi connectivity index (χ0v) is 25.0. The number of halogens is 1. The van der Waals surface area contributed by atoms with Gasteiger partial charge in [0.25, 0.3) is 5.91 Å². The first-order valence-electron chi connectivity index (χ1n) is 13.9. The molecule has 7 rings (SSSR count). The molecule has 4 aromatic carbocycles. The summed E-state index contributed by atoms with van der Waals surface area (Å²) in [4.78, 5) is 42.6. The lowest BCUT2D eigenvalue weighted by atomic mass is 9.88. The number of rotatable bonds is 9. The van der Waals surface area contributed by atoms with Crippen molar-refractivity contribution in [2.75, 3.05) is 4.90 Å². The number of fused-ring (bicyclic) bond motifs is 1. The number of anilines is 1. The van der Waals surface area contributed by atoms with Gasteiger partial charge in [-0.15, -0.1) is 10.2 Å². The Bertz CT molecular complexity index is 2010. The molecule has 6 aromatic rings. The van der Waals surface area contributed by atoms with Crippen LogP contribution < -0.4 is 9.64 Å². The summed E-state index contributed by atoms with van der Waals surface area (Å²) in [6.45, 7) is 0. The first kappa shape index (κ1) is 28.6. The van der Waals surface area contributed by atoms with Crippen LogP contribution in [-0.4, -0.2) is 27.7 Å². The topological polar surface area (TPSA) is 103 Å². The third-order valence-electron chi connectivity index (χ3n) is 7.31. The molecule has 222 valence electrons. The molecule has 1 amide bonds. The van der Waals surface area contributed by atoms with Gasteiger partial charge in [-0.2, -0.15) is 0 Å². The molecule has 2 aromatic heterocycles. The van der Waals surface area contributed by atoms with Gasteiger partial charge in [0.2, 0.25) is 16.7 Å². The summed E-state index contributed by atoms with van der Waals surface area (Å²) in [6.07, 6.45) is 0. The van der Waals surface area contributed by atoms with E-state index in [1.165, 1.54) is 28.8 Å². The number of hydrogen-bond donors (Lipinski definition) is 0. The van der Waals surface area contributed by atoms with Gasteiger partial charge in [0.1, 0.15) is 28.8 Å². The molecular formula is C34H22FN3O5S2. The van der Waals surface area contributed by atoms with E-state index in [0.29, 0.717) is 38.1 Å². The van der Waals surface area contributed by atoms with Crippen LogP contribution in [0.4, 0.5) is 9.52 Å². The molecule has 0 N–H and O–H groups in total. The van der Waals surface area contributed by atoms with E-state index in [-0.39, 0.29) is 16.7 Å². The van der Waals surface area contributed by atoms with Crippen LogP contribution in [-0.2, 0) is 15.3 Å². The second-order valence-corrected chi connectivity index (χ2v) is 12.4. The van der Waals surface area contributed by atoms with Gasteiger partial charge in [-0.3, -0.25) is 19.3 Å². The fourth-order valence-electron chi connectivity index (χ4n) is 5.21. The van der Waals surface area contributed by atoms with Gasteiger partial charge in [-0.1, -0.05) is 83.8 Å². The second kappa shape index (κ2) is 12.1. The van der Waals surface area contributed by atoms with E-state index >= 15 is 0 Å². The van der Waals surface area contributed by atoms with Gasteiger partial charge < -0.3 is 9.15 Å². The van der Waals surface area contributed by atoms with Gasteiger partial charge in [0.05, 0.1) is 6.04 Å². The zero-order chi connectivity index (χ0) is 30.9. The van der Waals surface area contributed by atoms with Crippen LogP contribution in [0.5, 0.6) is 11.5 Å². The number of amides is 1. The number of Topliss-reactive ketones (excluding diaryl/α,β-unsaturated/α-hetero) is 2. The van der Waals surface area contributed by atoms with E-state index in [1.807, 2.05) is 36.4 Å². The van der Waals surface area contributed by atoms with E-state index < -0.39 is 29.4 Å². The highest BCUT2D eigenvalue weighted by Crippen LogP contribution is 2.44. The number of furan rings is 1. The molecule has 3 heterocycles. The number of aromatic nitrogens is 2. The normalized spacial score (nSPS) is 16.4. The highest BCUT2D eigenvalue weighted by molar-refractivity contribution is 8.00. The second-order valence-electron chi connectivity index (χ2n) is 10.2. The molecule has 2 unspecified atom stereocenters. The fraction of sp³-hybridized carbons (Fsp3) is 0.0882. The lowest BCUT2D eigenvalue weighted by Crippen LogP contribution is -2.30. The molecular weight excluding hydrogens is 614 g/mol. The Morgan fingerprint density at radius 1 is 0.889 bits per heavy atom. The summed E-state index contributed by atoms with van der Waals surface area (Å²) >= 11 is 2.50. The standard InChI is InChI=1S/C34H22FN3O5S2/c35-23-15-13-20(14-16-23)19-44-34-37-36-33(45-34)38-29(22-8-6-11-25(17-22)42-24-9-2-1-3-10-24)28(31(40)32(38)41)30(39)27-18-21-7-4-5-12-26(21)43-27/h1-18,28-29H,19H2. The van der Waals surface area contributed by atoms with Crippen LogP contribution in [0.1, 0.15) is 27.7 Å². The first-order chi connectivity index (χ1) is 21.9. The maximum atomic E-state index is 14.0. The lowest BCUT2D eigenvalue weighted by molar-refractivity contribution is -0.135. The van der Waals surface area contributed by atoms with Crippen LogP contribution >= 0.6 is 23.1 Å². The van der Waals surface area contributed by atoms with Crippen molar-refractivity contribution in [1.29, 1.82) is 0 Å². The molecule has 0 radical (unpaired) electrons. The van der Waals surface area contributed by atoms with Crippen LogP contribution in [0.15, 0.2) is 118 Å². The number of hydrogen-bond acceptors (Lipinski definition) is 9. The molecule has 0 bridgehead atoms. The van der Waals surface area contributed by atoms with Crippen molar-refractivity contribution in [2.45, 2.75) is 16.1 Å². The number of carbonyl (C=O) groups excluding carboxylic acids is 3. The summed E-state index contributed by atoms with van der Waals surface area (Å²) in [5.74, 6) is -2.51. The number of ether oxygens (including phenoxy) is 1. The molecule has 1 aliphatic rings. The largest absolute Gasteiger partial charge is 0.457 e. The van der Waals surface area contributed by atoms with Crippen molar-refractivity contribution < 1.29 is 27.9 Å². The summed E-state index contributed by atoms with van der Waals surface area (Å²) in [7, 11) is 0. The molecule has 11 heteroatoms. The fourth-order valence-corrected chi connectivity index (χ4v) is 7.04. The first-order valence-corrected chi connectivity index (χ1v) is 15.7. The van der Waals surface area contributed by atoms with E-state index in [1.54, 1.807) is 60.7 Å². The highest BCUT2D eigenvalue weighted by atomic mass is 32.2. The summed E-state index contributed by atoms with van der Waals surface area (Å²) < 4.78 is 25.7. The third-order valence-corrected chi connectivity index (χ3v) is 9.44.